The molecule has 23 heavy (non-hydrogen) atoms. The molecule has 0 amide bonds. The number of hydrogen-bond acceptors (Lipinski definition) is 1. The topological polar surface area (TPSA) is 20.2 Å². The number of fused-ring (bicyclic) bond motifs is 5. The molecule has 0 aromatic heterocycles. The van der Waals surface area contributed by atoms with E-state index in [2.05, 4.69) is 26.8 Å². The maximum atomic E-state index is 16.7. The molecule has 0 aromatic rings. The second-order valence-electron chi connectivity index (χ2n) is 9.38. The van der Waals surface area contributed by atoms with Gasteiger partial charge in [-0.25, -0.2) is 4.39 Å². The van der Waals surface area contributed by atoms with Crippen LogP contribution in [0, 0.1) is 28.6 Å². The van der Waals surface area contributed by atoms with Gasteiger partial charge in [0.05, 0.1) is 6.10 Å². The van der Waals surface area contributed by atoms with Crippen molar-refractivity contribution in [3.05, 3.63) is 11.6 Å². The van der Waals surface area contributed by atoms with Crippen LogP contribution >= 0.6 is 0 Å². The van der Waals surface area contributed by atoms with E-state index in [4.69, 9.17) is 0 Å². The Bertz CT molecular complexity index is 528. The Morgan fingerprint density at radius 1 is 1.22 bits per heavy atom. The summed E-state index contributed by atoms with van der Waals surface area (Å²) in [5.74, 6) is 1.21. The first-order valence-electron chi connectivity index (χ1n) is 9.94. The summed E-state index contributed by atoms with van der Waals surface area (Å²) < 4.78 is 16.7. The van der Waals surface area contributed by atoms with E-state index in [0.717, 1.165) is 32.1 Å². The summed E-state index contributed by atoms with van der Waals surface area (Å²) >= 11 is 0. The van der Waals surface area contributed by atoms with Crippen molar-refractivity contribution in [3.8, 4) is 0 Å². The number of aliphatic hydroxyl groups excluding tert-OH is 1. The van der Waals surface area contributed by atoms with Gasteiger partial charge < -0.3 is 5.11 Å². The number of aliphatic hydroxyl groups is 1. The first-order chi connectivity index (χ1) is 10.9. The zero-order valence-corrected chi connectivity index (χ0v) is 15.1. The van der Waals surface area contributed by atoms with Crippen LogP contribution in [0.25, 0.3) is 0 Å². The lowest BCUT2D eigenvalue weighted by molar-refractivity contribution is -0.208. The van der Waals surface area contributed by atoms with Gasteiger partial charge in [0.15, 0.2) is 0 Å². The van der Waals surface area contributed by atoms with Crippen molar-refractivity contribution in [3.63, 3.8) is 0 Å². The fourth-order valence-electron chi connectivity index (χ4n) is 7.53. The number of hydrogen-bond donors (Lipinski definition) is 1. The minimum atomic E-state index is -1.40. The molecule has 0 spiro atoms. The quantitative estimate of drug-likeness (QED) is 0.639. The monoisotopic (exact) mass is 320 g/mol. The SMILES string of the molecule is CC[C@H]1CC[C@H]2[C@@H]3CCC4=CCCC[C@]4(C)[C@@]3(F)[C@@H](O)C[C@]12C. The van der Waals surface area contributed by atoms with Crippen LogP contribution in [0.2, 0.25) is 0 Å². The van der Waals surface area contributed by atoms with Gasteiger partial charge in [-0.05, 0) is 68.6 Å². The Morgan fingerprint density at radius 3 is 2.74 bits per heavy atom. The van der Waals surface area contributed by atoms with Crippen LogP contribution in [0.1, 0.15) is 78.6 Å². The van der Waals surface area contributed by atoms with Crippen LogP contribution in [0.15, 0.2) is 11.6 Å². The maximum Gasteiger partial charge on any atom is 0.148 e. The molecule has 1 nitrogen and oxygen atoms in total. The van der Waals surface area contributed by atoms with Crippen LogP contribution in [0.4, 0.5) is 4.39 Å². The molecule has 0 radical (unpaired) electrons. The van der Waals surface area contributed by atoms with Gasteiger partial charge in [0.1, 0.15) is 5.67 Å². The van der Waals surface area contributed by atoms with E-state index in [0.29, 0.717) is 18.3 Å². The molecule has 0 heterocycles. The molecule has 4 aliphatic rings. The second kappa shape index (κ2) is 5.07. The lowest BCUT2D eigenvalue weighted by Crippen LogP contribution is -2.66. The molecule has 0 saturated heterocycles. The summed E-state index contributed by atoms with van der Waals surface area (Å²) in [6.45, 7) is 6.75. The van der Waals surface area contributed by atoms with Crippen molar-refractivity contribution >= 4 is 0 Å². The van der Waals surface area contributed by atoms with Gasteiger partial charge >= 0.3 is 0 Å². The summed E-state index contributed by atoms with van der Waals surface area (Å²) in [7, 11) is 0. The highest BCUT2D eigenvalue weighted by molar-refractivity contribution is 5.31. The minimum absolute atomic E-state index is 0.0630. The molecule has 0 aromatic carbocycles. The van der Waals surface area contributed by atoms with Crippen molar-refractivity contribution < 1.29 is 9.50 Å². The molecule has 0 bridgehead atoms. The van der Waals surface area contributed by atoms with Gasteiger partial charge in [0.2, 0.25) is 0 Å². The Kier molecular flexibility index (Phi) is 3.55. The number of allylic oxidation sites excluding steroid dienone is 2. The van der Waals surface area contributed by atoms with Crippen molar-refractivity contribution in [1.29, 1.82) is 0 Å². The van der Waals surface area contributed by atoms with E-state index in [1.165, 1.54) is 24.8 Å². The first kappa shape index (κ1) is 16.1. The fraction of sp³-hybridized carbons (Fsp3) is 0.905. The molecule has 0 unspecified atom stereocenters. The standard InChI is InChI=1S/C21H33FO/c1-4-14-8-10-16-17-11-9-15-7-5-6-12-20(15,3)21(17,22)18(23)13-19(14,16)2/h7,14,16-18,23H,4-6,8-13H2,1-3H3/t14-,16-,17-,18-,19+,20-,21-/m0/s1. The van der Waals surface area contributed by atoms with Gasteiger partial charge in [-0.15, -0.1) is 0 Å². The van der Waals surface area contributed by atoms with Crippen molar-refractivity contribution in [2.75, 3.05) is 0 Å². The Morgan fingerprint density at radius 2 is 2.00 bits per heavy atom. The lowest BCUT2D eigenvalue weighted by atomic mass is 9.44. The van der Waals surface area contributed by atoms with Gasteiger partial charge in [-0.3, -0.25) is 0 Å². The van der Waals surface area contributed by atoms with E-state index >= 15 is 4.39 Å². The molecule has 4 aliphatic carbocycles. The molecule has 3 fully saturated rings. The van der Waals surface area contributed by atoms with Crippen molar-refractivity contribution in [2.45, 2.75) is 90.3 Å². The van der Waals surface area contributed by atoms with Crippen molar-refractivity contribution in [1.82, 2.24) is 0 Å². The lowest BCUT2D eigenvalue weighted by Gasteiger charge is -2.63. The van der Waals surface area contributed by atoms with E-state index < -0.39 is 17.2 Å². The van der Waals surface area contributed by atoms with Gasteiger partial charge in [-0.1, -0.05) is 38.8 Å². The zero-order chi connectivity index (χ0) is 16.5. The summed E-state index contributed by atoms with van der Waals surface area (Å²) in [6.07, 6.45) is 10.9. The van der Waals surface area contributed by atoms with Crippen LogP contribution in [-0.4, -0.2) is 16.9 Å². The molecule has 130 valence electrons. The van der Waals surface area contributed by atoms with Crippen LogP contribution in [0.3, 0.4) is 0 Å². The molecule has 3 saturated carbocycles. The van der Waals surface area contributed by atoms with Crippen LogP contribution < -0.4 is 0 Å². The summed E-state index contributed by atoms with van der Waals surface area (Å²) in [6, 6.07) is 0. The molecule has 7 atom stereocenters. The van der Waals surface area contributed by atoms with E-state index in [9.17, 15) is 5.11 Å². The van der Waals surface area contributed by atoms with Gasteiger partial charge in [0.25, 0.3) is 0 Å². The van der Waals surface area contributed by atoms with Crippen LogP contribution in [-0.2, 0) is 0 Å². The molecule has 2 heteroatoms. The summed E-state index contributed by atoms with van der Waals surface area (Å²) in [5, 5.41) is 11.1. The minimum Gasteiger partial charge on any atom is -0.390 e. The average molecular weight is 320 g/mol. The molecule has 0 aliphatic heterocycles. The largest absolute Gasteiger partial charge is 0.390 e. The second-order valence-corrected chi connectivity index (χ2v) is 9.38. The highest BCUT2D eigenvalue weighted by Gasteiger charge is 2.70. The molecule has 1 N–H and O–H groups in total. The number of halogens is 1. The predicted octanol–water partition coefficient (Wildman–Crippen LogP) is 5.43. The molecular weight excluding hydrogens is 287 g/mol. The number of alkyl halides is 1. The smallest absolute Gasteiger partial charge is 0.148 e. The first-order valence-corrected chi connectivity index (χ1v) is 9.94. The third-order valence-corrected chi connectivity index (χ3v) is 8.79. The Labute approximate surface area is 140 Å². The zero-order valence-electron chi connectivity index (χ0n) is 15.1. The maximum absolute atomic E-state index is 16.7. The highest BCUT2D eigenvalue weighted by atomic mass is 19.1. The number of rotatable bonds is 1. The van der Waals surface area contributed by atoms with Gasteiger partial charge in [-0.2, -0.15) is 0 Å². The highest BCUT2D eigenvalue weighted by Crippen LogP contribution is 2.69. The third-order valence-electron chi connectivity index (χ3n) is 8.79. The predicted molar refractivity (Wildman–Crippen MR) is 91.8 cm³/mol. The van der Waals surface area contributed by atoms with E-state index in [-0.39, 0.29) is 11.3 Å². The normalized spacial score (nSPS) is 55.6. The summed E-state index contributed by atoms with van der Waals surface area (Å²) in [5.41, 5.74) is -0.348. The van der Waals surface area contributed by atoms with E-state index in [1.807, 2.05) is 0 Å². The van der Waals surface area contributed by atoms with E-state index in [1.54, 1.807) is 0 Å². The molecular formula is C21H33FO. The Hall–Kier alpha value is -0.370. The third kappa shape index (κ3) is 1.82. The molecule has 4 rings (SSSR count). The van der Waals surface area contributed by atoms with Crippen molar-refractivity contribution in [2.24, 2.45) is 28.6 Å². The summed E-state index contributed by atoms with van der Waals surface area (Å²) in [4.78, 5) is 0. The van der Waals surface area contributed by atoms with Gasteiger partial charge in [0, 0.05) is 11.3 Å². The Balaban J connectivity index is 1.78. The fourth-order valence-corrected chi connectivity index (χ4v) is 7.53. The average Bonchev–Trinajstić information content (AvgIpc) is 2.84. The van der Waals surface area contributed by atoms with Crippen LogP contribution in [0.5, 0.6) is 0 Å².